The molecule has 0 radical (unpaired) electrons. The van der Waals surface area contributed by atoms with Crippen molar-refractivity contribution in [2.75, 3.05) is 13.7 Å². The molecule has 4 heteroatoms. The largest absolute Gasteiger partial charge is 0.497 e. The molecule has 0 unspecified atom stereocenters. The van der Waals surface area contributed by atoms with Gasteiger partial charge in [-0.1, -0.05) is 12.8 Å². The van der Waals surface area contributed by atoms with Crippen LogP contribution in [0.15, 0.2) is 18.2 Å². The van der Waals surface area contributed by atoms with E-state index in [0.29, 0.717) is 18.3 Å². The van der Waals surface area contributed by atoms with Gasteiger partial charge in [-0.3, -0.25) is 0 Å². The Hall–Kier alpha value is -1.58. The van der Waals surface area contributed by atoms with Crippen LogP contribution in [0.4, 0.5) is 4.39 Å². The molecule has 0 spiro atoms. The Labute approximate surface area is 106 Å². The van der Waals surface area contributed by atoms with Crippen LogP contribution in [0, 0.1) is 11.7 Å². The van der Waals surface area contributed by atoms with Gasteiger partial charge in [0.15, 0.2) is 0 Å². The number of rotatable bonds is 4. The number of benzene rings is 1. The number of esters is 1. The lowest BCUT2D eigenvalue weighted by molar-refractivity contribution is 0.0437. The molecule has 0 amide bonds. The number of hydrogen-bond donors (Lipinski definition) is 0. The van der Waals surface area contributed by atoms with Crippen molar-refractivity contribution in [1.29, 1.82) is 0 Å². The van der Waals surface area contributed by atoms with Crippen LogP contribution < -0.4 is 4.74 Å². The zero-order valence-corrected chi connectivity index (χ0v) is 10.4. The third kappa shape index (κ3) is 3.00. The molecule has 1 aliphatic carbocycles. The summed E-state index contributed by atoms with van der Waals surface area (Å²) in [4.78, 5) is 11.7. The quantitative estimate of drug-likeness (QED) is 0.772. The van der Waals surface area contributed by atoms with Gasteiger partial charge in [0, 0.05) is 6.07 Å². The lowest BCUT2D eigenvalue weighted by atomic mass is 10.1. The van der Waals surface area contributed by atoms with Gasteiger partial charge in [-0.25, -0.2) is 9.18 Å². The summed E-state index contributed by atoms with van der Waals surface area (Å²) >= 11 is 0. The Kier molecular flexibility index (Phi) is 4.18. The molecule has 1 aromatic carbocycles. The second-order valence-electron chi connectivity index (χ2n) is 4.59. The molecule has 18 heavy (non-hydrogen) atoms. The monoisotopic (exact) mass is 252 g/mol. The molecule has 1 saturated carbocycles. The first-order valence-corrected chi connectivity index (χ1v) is 6.21. The van der Waals surface area contributed by atoms with Gasteiger partial charge in [-0.2, -0.15) is 0 Å². The minimum absolute atomic E-state index is 0.0335. The van der Waals surface area contributed by atoms with E-state index < -0.39 is 11.8 Å². The van der Waals surface area contributed by atoms with Crippen molar-refractivity contribution in [2.45, 2.75) is 25.7 Å². The highest BCUT2D eigenvalue weighted by molar-refractivity contribution is 5.89. The predicted octanol–water partition coefficient (Wildman–Crippen LogP) is 3.18. The Balaban J connectivity index is 1.95. The SMILES string of the molecule is COc1ccc(C(=O)OCC2CCCC2)c(F)c1. The lowest BCUT2D eigenvalue weighted by Gasteiger charge is -2.10. The van der Waals surface area contributed by atoms with Gasteiger partial charge in [0.1, 0.15) is 11.6 Å². The Morgan fingerprint density at radius 1 is 1.39 bits per heavy atom. The summed E-state index contributed by atoms with van der Waals surface area (Å²) in [6.45, 7) is 0.393. The minimum atomic E-state index is -0.606. The fraction of sp³-hybridized carbons (Fsp3) is 0.500. The summed E-state index contributed by atoms with van der Waals surface area (Å²) in [5, 5.41) is 0. The summed E-state index contributed by atoms with van der Waals surface area (Å²) < 4.78 is 23.6. The van der Waals surface area contributed by atoms with Gasteiger partial charge in [-0.05, 0) is 30.9 Å². The normalized spacial score (nSPS) is 15.7. The second-order valence-corrected chi connectivity index (χ2v) is 4.59. The standard InChI is InChI=1S/C14H17FO3/c1-17-11-6-7-12(13(15)8-11)14(16)18-9-10-4-2-3-5-10/h6-8,10H,2-5,9H2,1H3. The number of carbonyl (C=O) groups excluding carboxylic acids is 1. The van der Waals surface area contributed by atoms with Crippen LogP contribution >= 0.6 is 0 Å². The van der Waals surface area contributed by atoms with E-state index in [9.17, 15) is 9.18 Å². The first-order valence-electron chi connectivity index (χ1n) is 6.21. The van der Waals surface area contributed by atoms with Crippen LogP contribution in [0.2, 0.25) is 0 Å². The third-order valence-electron chi connectivity index (χ3n) is 3.32. The fourth-order valence-electron chi connectivity index (χ4n) is 2.24. The highest BCUT2D eigenvalue weighted by Crippen LogP contribution is 2.25. The van der Waals surface area contributed by atoms with Crippen LogP contribution in [0.1, 0.15) is 36.0 Å². The van der Waals surface area contributed by atoms with Crippen molar-refractivity contribution in [3.63, 3.8) is 0 Å². The second kappa shape index (κ2) is 5.85. The first kappa shape index (κ1) is 12.9. The van der Waals surface area contributed by atoms with Crippen LogP contribution in [0.3, 0.4) is 0 Å². The Morgan fingerprint density at radius 2 is 2.11 bits per heavy atom. The van der Waals surface area contributed by atoms with E-state index in [1.165, 1.54) is 32.1 Å². The van der Waals surface area contributed by atoms with Gasteiger partial charge in [0.2, 0.25) is 0 Å². The number of carbonyl (C=O) groups is 1. The highest BCUT2D eigenvalue weighted by atomic mass is 19.1. The van der Waals surface area contributed by atoms with Crippen molar-refractivity contribution in [1.82, 2.24) is 0 Å². The zero-order valence-electron chi connectivity index (χ0n) is 10.4. The molecule has 1 aliphatic rings. The van der Waals surface area contributed by atoms with E-state index in [2.05, 4.69) is 0 Å². The molecule has 0 aliphatic heterocycles. The molecule has 1 fully saturated rings. The van der Waals surface area contributed by atoms with E-state index in [1.807, 2.05) is 0 Å². The van der Waals surface area contributed by atoms with E-state index in [4.69, 9.17) is 9.47 Å². The maximum absolute atomic E-state index is 13.6. The molecule has 0 heterocycles. The van der Waals surface area contributed by atoms with Crippen molar-refractivity contribution < 1.29 is 18.7 Å². The Bertz CT molecular complexity index is 425. The van der Waals surface area contributed by atoms with Crippen LogP contribution in [-0.2, 0) is 4.74 Å². The molecule has 0 N–H and O–H groups in total. The van der Waals surface area contributed by atoms with Crippen molar-refractivity contribution in [2.24, 2.45) is 5.92 Å². The summed E-state index contributed by atoms with van der Waals surface area (Å²) in [7, 11) is 1.45. The summed E-state index contributed by atoms with van der Waals surface area (Å²) in [6, 6.07) is 4.13. The molecule has 0 saturated heterocycles. The van der Waals surface area contributed by atoms with Gasteiger partial charge in [0.05, 0.1) is 19.3 Å². The molecular formula is C14H17FO3. The number of ether oxygens (including phenoxy) is 2. The van der Waals surface area contributed by atoms with Crippen LogP contribution in [0.5, 0.6) is 5.75 Å². The third-order valence-corrected chi connectivity index (χ3v) is 3.32. The molecule has 0 bridgehead atoms. The van der Waals surface area contributed by atoms with Gasteiger partial charge in [-0.15, -0.1) is 0 Å². The van der Waals surface area contributed by atoms with E-state index in [0.717, 1.165) is 12.8 Å². The Morgan fingerprint density at radius 3 is 2.72 bits per heavy atom. The molecule has 1 aromatic rings. The maximum atomic E-state index is 13.6. The van der Waals surface area contributed by atoms with Crippen molar-refractivity contribution in [3.05, 3.63) is 29.6 Å². The van der Waals surface area contributed by atoms with E-state index >= 15 is 0 Å². The number of methoxy groups -OCH3 is 1. The minimum Gasteiger partial charge on any atom is -0.497 e. The average molecular weight is 252 g/mol. The molecule has 2 rings (SSSR count). The molecule has 0 aromatic heterocycles. The van der Waals surface area contributed by atoms with Crippen molar-refractivity contribution in [3.8, 4) is 5.75 Å². The first-order chi connectivity index (χ1) is 8.70. The van der Waals surface area contributed by atoms with E-state index in [1.54, 1.807) is 6.07 Å². The summed E-state index contributed by atoms with van der Waals surface area (Å²) in [6.07, 6.45) is 4.58. The smallest absolute Gasteiger partial charge is 0.341 e. The number of halogens is 1. The number of hydrogen-bond acceptors (Lipinski definition) is 3. The average Bonchev–Trinajstić information content (AvgIpc) is 2.88. The molecule has 3 nitrogen and oxygen atoms in total. The van der Waals surface area contributed by atoms with Crippen LogP contribution in [0.25, 0.3) is 0 Å². The highest BCUT2D eigenvalue weighted by Gasteiger charge is 2.19. The van der Waals surface area contributed by atoms with Crippen LogP contribution in [-0.4, -0.2) is 19.7 Å². The lowest BCUT2D eigenvalue weighted by Crippen LogP contribution is -2.13. The molecule has 0 atom stereocenters. The van der Waals surface area contributed by atoms with Gasteiger partial charge < -0.3 is 9.47 Å². The molecule has 98 valence electrons. The maximum Gasteiger partial charge on any atom is 0.341 e. The van der Waals surface area contributed by atoms with Crippen molar-refractivity contribution >= 4 is 5.97 Å². The molecular weight excluding hydrogens is 235 g/mol. The topological polar surface area (TPSA) is 35.5 Å². The predicted molar refractivity (Wildman–Crippen MR) is 65.2 cm³/mol. The van der Waals surface area contributed by atoms with E-state index in [-0.39, 0.29) is 5.56 Å². The van der Waals surface area contributed by atoms with Gasteiger partial charge in [0.25, 0.3) is 0 Å². The summed E-state index contributed by atoms with van der Waals surface area (Å²) in [5.74, 6) is -0.372. The summed E-state index contributed by atoms with van der Waals surface area (Å²) in [5.41, 5.74) is -0.0335. The fourth-order valence-corrected chi connectivity index (χ4v) is 2.24. The van der Waals surface area contributed by atoms with Gasteiger partial charge >= 0.3 is 5.97 Å². The zero-order chi connectivity index (χ0) is 13.0.